The van der Waals surface area contributed by atoms with E-state index in [1.165, 1.54) is 0 Å². The van der Waals surface area contributed by atoms with Crippen molar-refractivity contribution in [1.82, 2.24) is 15.2 Å². The van der Waals surface area contributed by atoms with Crippen molar-refractivity contribution in [3.05, 3.63) is 53.2 Å². The van der Waals surface area contributed by atoms with Crippen molar-refractivity contribution < 1.29 is 9.30 Å². The lowest BCUT2D eigenvalue weighted by Crippen LogP contribution is -2.08. The molecule has 1 heterocycles. The predicted molar refractivity (Wildman–Crippen MR) is 124 cm³/mol. The third-order valence-electron chi connectivity index (χ3n) is 4.53. The Morgan fingerprint density at radius 2 is 1.77 bits per heavy atom. The van der Waals surface area contributed by atoms with E-state index in [-0.39, 0.29) is 11.1 Å². The molecule has 0 aliphatic carbocycles. The lowest BCUT2D eigenvalue weighted by atomic mass is 10.0. The van der Waals surface area contributed by atoms with E-state index in [0.717, 1.165) is 16.6 Å². The maximum Gasteiger partial charge on any atom is 0.249 e. The standard InChI is InChI=1S/C21H25ClN5O2P/c1-13(2)15-8-6-7-9-16(15)23-20-19(22)26-27-21(25-20)24-17-11-10-14(30(4,5)28)12-18(17)29-3/h6-13H,1-5H3,(H2,23,24,25,27). The summed E-state index contributed by atoms with van der Waals surface area (Å²) < 4.78 is 17.8. The van der Waals surface area contributed by atoms with Gasteiger partial charge in [0.1, 0.15) is 12.9 Å². The van der Waals surface area contributed by atoms with Crippen LogP contribution in [0.15, 0.2) is 42.5 Å². The number of nitrogens with one attached hydrogen (secondary N) is 2. The molecule has 0 bridgehead atoms. The molecule has 1 aromatic heterocycles. The summed E-state index contributed by atoms with van der Waals surface area (Å²) in [5.41, 5.74) is 2.68. The molecule has 7 nitrogen and oxygen atoms in total. The molecule has 0 aliphatic rings. The van der Waals surface area contributed by atoms with Crippen LogP contribution >= 0.6 is 18.7 Å². The molecule has 0 fully saturated rings. The number of anilines is 4. The van der Waals surface area contributed by atoms with Crippen LogP contribution in [0.3, 0.4) is 0 Å². The number of nitrogens with zero attached hydrogens (tertiary/aromatic N) is 3. The Bertz CT molecular complexity index is 1100. The smallest absolute Gasteiger partial charge is 0.249 e. The number of rotatable bonds is 7. The van der Waals surface area contributed by atoms with Crippen LogP contribution < -0.4 is 20.7 Å². The first-order chi connectivity index (χ1) is 14.2. The Labute approximate surface area is 181 Å². The van der Waals surface area contributed by atoms with Gasteiger partial charge in [0.05, 0.1) is 12.8 Å². The maximum atomic E-state index is 12.4. The average Bonchev–Trinajstić information content (AvgIpc) is 2.70. The average molecular weight is 446 g/mol. The van der Waals surface area contributed by atoms with Crippen molar-refractivity contribution in [3.8, 4) is 5.75 Å². The summed E-state index contributed by atoms with van der Waals surface area (Å²) >= 11 is 6.23. The van der Waals surface area contributed by atoms with Crippen LogP contribution in [0.25, 0.3) is 0 Å². The zero-order chi connectivity index (χ0) is 21.9. The molecule has 0 unspecified atom stereocenters. The Hall–Kier alpha value is -2.63. The molecule has 158 valence electrons. The van der Waals surface area contributed by atoms with Gasteiger partial charge in [0.15, 0.2) is 11.0 Å². The second-order valence-corrected chi connectivity index (χ2v) is 11.1. The van der Waals surface area contributed by atoms with Gasteiger partial charge in [-0.15, -0.1) is 10.2 Å². The van der Waals surface area contributed by atoms with Crippen LogP contribution in [-0.4, -0.2) is 35.6 Å². The summed E-state index contributed by atoms with van der Waals surface area (Å²) in [6.45, 7) is 7.67. The number of hydrogen-bond donors (Lipinski definition) is 2. The highest BCUT2D eigenvalue weighted by Gasteiger charge is 2.16. The number of para-hydroxylation sites is 1. The molecular weight excluding hydrogens is 421 g/mol. The largest absolute Gasteiger partial charge is 0.495 e. The van der Waals surface area contributed by atoms with Gasteiger partial charge in [0.2, 0.25) is 5.95 Å². The van der Waals surface area contributed by atoms with E-state index in [2.05, 4.69) is 45.7 Å². The topological polar surface area (TPSA) is 89.0 Å². The first-order valence-corrected chi connectivity index (χ1v) is 12.4. The first-order valence-electron chi connectivity index (χ1n) is 9.46. The molecule has 0 saturated heterocycles. The molecule has 0 radical (unpaired) electrons. The van der Waals surface area contributed by atoms with Gasteiger partial charge in [0, 0.05) is 11.0 Å². The van der Waals surface area contributed by atoms with E-state index >= 15 is 0 Å². The maximum absolute atomic E-state index is 12.4. The number of ether oxygens (including phenoxy) is 1. The van der Waals surface area contributed by atoms with Gasteiger partial charge < -0.3 is 19.9 Å². The lowest BCUT2D eigenvalue weighted by molar-refractivity contribution is 0.417. The van der Waals surface area contributed by atoms with Gasteiger partial charge in [-0.2, -0.15) is 4.98 Å². The summed E-state index contributed by atoms with van der Waals surface area (Å²) in [6.07, 6.45) is 0. The quantitative estimate of drug-likeness (QED) is 0.471. The zero-order valence-electron chi connectivity index (χ0n) is 17.6. The Balaban J connectivity index is 1.90. The van der Waals surface area contributed by atoms with Crippen LogP contribution in [0.4, 0.5) is 23.1 Å². The van der Waals surface area contributed by atoms with Crippen molar-refractivity contribution in [2.45, 2.75) is 19.8 Å². The Morgan fingerprint density at radius 3 is 2.43 bits per heavy atom. The Morgan fingerprint density at radius 1 is 1.03 bits per heavy atom. The SMILES string of the molecule is COc1cc(P(C)(C)=O)ccc1Nc1nnc(Cl)c(Nc2ccccc2C(C)C)n1. The van der Waals surface area contributed by atoms with Gasteiger partial charge in [0.25, 0.3) is 0 Å². The monoisotopic (exact) mass is 445 g/mol. The van der Waals surface area contributed by atoms with Crippen LogP contribution in [0.1, 0.15) is 25.3 Å². The van der Waals surface area contributed by atoms with E-state index in [1.807, 2.05) is 18.2 Å². The molecule has 2 aromatic carbocycles. The lowest BCUT2D eigenvalue weighted by Gasteiger charge is -2.16. The zero-order valence-corrected chi connectivity index (χ0v) is 19.3. The van der Waals surface area contributed by atoms with E-state index in [9.17, 15) is 4.57 Å². The third kappa shape index (κ3) is 5.10. The highest BCUT2D eigenvalue weighted by molar-refractivity contribution is 7.70. The molecule has 3 rings (SSSR count). The van der Waals surface area contributed by atoms with Crippen molar-refractivity contribution in [3.63, 3.8) is 0 Å². The second-order valence-electron chi connectivity index (χ2n) is 7.50. The molecule has 3 aromatic rings. The summed E-state index contributed by atoms with van der Waals surface area (Å²) in [4.78, 5) is 4.47. The molecule has 0 saturated carbocycles. The summed E-state index contributed by atoms with van der Waals surface area (Å²) in [6, 6.07) is 13.3. The van der Waals surface area contributed by atoms with E-state index in [4.69, 9.17) is 16.3 Å². The summed E-state index contributed by atoms with van der Waals surface area (Å²) in [5, 5.41) is 15.3. The van der Waals surface area contributed by atoms with E-state index in [0.29, 0.717) is 23.2 Å². The molecule has 0 atom stereocenters. The Kier molecular flexibility index (Phi) is 6.64. The minimum absolute atomic E-state index is 0.166. The fraction of sp³-hybridized carbons (Fsp3) is 0.286. The molecule has 30 heavy (non-hydrogen) atoms. The number of hydrogen-bond acceptors (Lipinski definition) is 7. The van der Waals surface area contributed by atoms with Gasteiger partial charge in [-0.3, -0.25) is 0 Å². The summed E-state index contributed by atoms with van der Waals surface area (Å²) in [7, 11) is -0.853. The molecule has 0 aliphatic heterocycles. The van der Waals surface area contributed by atoms with Gasteiger partial charge in [-0.25, -0.2) is 0 Å². The predicted octanol–water partition coefficient (Wildman–Crippen LogP) is 5.39. The molecule has 0 amide bonds. The fourth-order valence-electron chi connectivity index (χ4n) is 2.93. The van der Waals surface area contributed by atoms with E-state index < -0.39 is 7.14 Å². The molecule has 0 spiro atoms. The summed E-state index contributed by atoms with van der Waals surface area (Å²) in [5.74, 6) is 1.51. The van der Waals surface area contributed by atoms with Crippen molar-refractivity contribution in [1.29, 1.82) is 0 Å². The molecule has 9 heteroatoms. The normalized spacial score (nSPS) is 11.4. The number of benzene rings is 2. The first kappa shape index (κ1) is 22.1. The minimum Gasteiger partial charge on any atom is -0.495 e. The second kappa shape index (κ2) is 9.02. The van der Waals surface area contributed by atoms with Crippen molar-refractivity contribution in [2.75, 3.05) is 31.1 Å². The van der Waals surface area contributed by atoms with Gasteiger partial charge in [-0.05, 0) is 49.1 Å². The van der Waals surface area contributed by atoms with Gasteiger partial charge in [-0.1, -0.05) is 43.6 Å². The fourth-order valence-corrected chi connectivity index (χ4v) is 3.91. The highest BCUT2D eigenvalue weighted by atomic mass is 35.5. The van der Waals surface area contributed by atoms with Gasteiger partial charge >= 0.3 is 0 Å². The van der Waals surface area contributed by atoms with E-state index in [1.54, 1.807) is 38.6 Å². The highest BCUT2D eigenvalue weighted by Crippen LogP contribution is 2.38. The van der Waals surface area contributed by atoms with Crippen molar-refractivity contribution in [2.24, 2.45) is 0 Å². The number of aromatic nitrogens is 3. The van der Waals surface area contributed by atoms with Crippen molar-refractivity contribution >= 4 is 47.2 Å². The van der Waals surface area contributed by atoms with Crippen LogP contribution in [0.2, 0.25) is 5.15 Å². The molecular formula is C21H25ClN5O2P. The van der Waals surface area contributed by atoms with Crippen LogP contribution in [0.5, 0.6) is 5.75 Å². The minimum atomic E-state index is -2.41. The number of halogens is 1. The number of methoxy groups -OCH3 is 1. The van der Waals surface area contributed by atoms with Crippen LogP contribution in [0, 0.1) is 0 Å². The van der Waals surface area contributed by atoms with Crippen LogP contribution in [-0.2, 0) is 4.57 Å². The molecule has 2 N–H and O–H groups in total. The third-order valence-corrected chi connectivity index (χ3v) is 6.31.